The van der Waals surface area contributed by atoms with Gasteiger partial charge in [-0.1, -0.05) is 25.8 Å². The van der Waals surface area contributed by atoms with Gasteiger partial charge in [0.1, 0.15) is 0 Å². The Kier molecular flexibility index (Phi) is 3.12. The molecule has 19 heavy (non-hydrogen) atoms. The van der Waals surface area contributed by atoms with Gasteiger partial charge >= 0.3 is 0 Å². The van der Waals surface area contributed by atoms with Crippen molar-refractivity contribution in [2.45, 2.75) is 71.3 Å². The van der Waals surface area contributed by atoms with Gasteiger partial charge in [0.25, 0.3) is 0 Å². The summed E-state index contributed by atoms with van der Waals surface area (Å²) >= 11 is 0. The average molecular weight is 262 g/mol. The van der Waals surface area contributed by atoms with Gasteiger partial charge in [-0.05, 0) is 55.9 Å². The first-order chi connectivity index (χ1) is 8.98. The lowest BCUT2D eigenvalue weighted by Gasteiger charge is -2.45. The number of allylic oxidation sites excluding steroid dienone is 2. The molecule has 1 saturated carbocycles. The van der Waals surface area contributed by atoms with Gasteiger partial charge < -0.3 is 4.74 Å². The van der Waals surface area contributed by atoms with Crippen LogP contribution in [0.15, 0.2) is 11.1 Å². The second-order valence-corrected chi connectivity index (χ2v) is 7.23. The lowest BCUT2D eigenvalue weighted by molar-refractivity contribution is -0.117. The fraction of sp³-hybridized carbons (Fsp3) is 0.824. The average Bonchev–Trinajstić information content (AvgIpc) is 3.12. The molecule has 0 spiro atoms. The van der Waals surface area contributed by atoms with Crippen LogP contribution in [0.1, 0.15) is 65.7 Å². The first-order valence-electron chi connectivity index (χ1n) is 7.88. The van der Waals surface area contributed by atoms with Gasteiger partial charge in [-0.15, -0.1) is 0 Å². The van der Waals surface area contributed by atoms with Gasteiger partial charge in [-0.3, -0.25) is 4.79 Å². The maximum absolute atomic E-state index is 12.3. The molecule has 1 unspecified atom stereocenters. The largest absolute Gasteiger partial charge is 0.370 e. The van der Waals surface area contributed by atoms with Crippen LogP contribution in [0.3, 0.4) is 0 Å². The van der Waals surface area contributed by atoms with Gasteiger partial charge in [0.15, 0.2) is 5.78 Å². The van der Waals surface area contributed by atoms with Crippen LogP contribution in [0.2, 0.25) is 0 Å². The number of hydrogen-bond acceptors (Lipinski definition) is 2. The number of epoxide rings is 1. The minimum absolute atomic E-state index is 0.117. The van der Waals surface area contributed by atoms with Crippen LogP contribution in [-0.4, -0.2) is 18.0 Å². The SMILES string of the molecule is CCCC1=C2C[C@H](C3(C)CO3)CC[C@]2(C)CCC1=O. The fourth-order valence-corrected chi connectivity index (χ4v) is 4.12. The minimum Gasteiger partial charge on any atom is -0.370 e. The summed E-state index contributed by atoms with van der Waals surface area (Å²) in [7, 11) is 0. The number of carbonyl (C=O) groups excluding carboxylic acids is 1. The van der Waals surface area contributed by atoms with Gasteiger partial charge in [-0.2, -0.15) is 0 Å². The Morgan fingerprint density at radius 1 is 1.32 bits per heavy atom. The molecule has 0 bridgehead atoms. The van der Waals surface area contributed by atoms with Crippen molar-refractivity contribution in [2.75, 3.05) is 6.61 Å². The minimum atomic E-state index is 0.117. The number of Topliss-reactive ketones (excluding diaryl/α,β-unsaturated/α-hetero) is 1. The third-order valence-corrected chi connectivity index (χ3v) is 5.79. The van der Waals surface area contributed by atoms with E-state index < -0.39 is 0 Å². The monoisotopic (exact) mass is 262 g/mol. The highest BCUT2D eigenvalue weighted by atomic mass is 16.6. The molecule has 2 heteroatoms. The molecular formula is C17H26O2. The summed E-state index contributed by atoms with van der Waals surface area (Å²) in [6.45, 7) is 7.72. The van der Waals surface area contributed by atoms with Crippen LogP contribution in [0, 0.1) is 11.3 Å². The molecule has 0 aromatic heterocycles. The lowest BCUT2D eigenvalue weighted by Crippen LogP contribution is -2.37. The molecule has 0 N–H and O–H groups in total. The summed E-state index contributed by atoms with van der Waals surface area (Å²) in [6.07, 6.45) is 7.52. The van der Waals surface area contributed by atoms with Crippen molar-refractivity contribution in [1.29, 1.82) is 0 Å². The second kappa shape index (κ2) is 4.44. The van der Waals surface area contributed by atoms with Crippen LogP contribution in [0.25, 0.3) is 0 Å². The number of carbonyl (C=O) groups is 1. The van der Waals surface area contributed by atoms with Crippen LogP contribution < -0.4 is 0 Å². The highest BCUT2D eigenvalue weighted by molar-refractivity contribution is 5.97. The first kappa shape index (κ1) is 13.4. The molecule has 2 nitrogen and oxygen atoms in total. The van der Waals surface area contributed by atoms with E-state index in [-0.39, 0.29) is 5.60 Å². The Morgan fingerprint density at radius 2 is 2.05 bits per heavy atom. The van der Waals surface area contributed by atoms with E-state index in [9.17, 15) is 4.79 Å². The van der Waals surface area contributed by atoms with Gasteiger partial charge in [0, 0.05) is 6.42 Å². The molecule has 1 aliphatic heterocycles. The van der Waals surface area contributed by atoms with Crippen molar-refractivity contribution >= 4 is 5.78 Å². The summed E-state index contributed by atoms with van der Waals surface area (Å²) in [5.41, 5.74) is 3.11. The molecule has 2 aliphatic carbocycles. The molecule has 2 fully saturated rings. The van der Waals surface area contributed by atoms with E-state index >= 15 is 0 Å². The van der Waals surface area contributed by atoms with Crippen molar-refractivity contribution in [1.82, 2.24) is 0 Å². The maximum Gasteiger partial charge on any atom is 0.158 e. The van der Waals surface area contributed by atoms with E-state index in [0.717, 1.165) is 38.7 Å². The van der Waals surface area contributed by atoms with Crippen molar-refractivity contribution < 1.29 is 9.53 Å². The molecule has 106 valence electrons. The highest BCUT2D eigenvalue weighted by Crippen LogP contribution is 2.55. The summed E-state index contributed by atoms with van der Waals surface area (Å²) < 4.78 is 5.66. The second-order valence-electron chi connectivity index (χ2n) is 7.23. The zero-order valence-electron chi connectivity index (χ0n) is 12.6. The predicted octanol–water partition coefficient (Wildman–Crippen LogP) is 4.04. The third kappa shape index (κ3) is 2.18. The van der Waals surface area contributed by atoms with Gasteiger partial charge in [-0.25, -0.2) is 0 Å². The molecule has 3 aliphatic rings. The molecule has 0 amide bonds. The summed E-state index contributed by atoms with van der Waals surface area (Å²) in [6, 6.07) is 0. The van der Waals surface area contributed by atoms with Crippen molar-refractivity contribution in [2.24, 2.45) is 11.3 Å². The first-order valence-corrected chi connectivity index (χ1v) is 7.88. The number of ketones is 1. The van der Waals surface area contributed by atoms with Crippen LogP contribution >= 0.6 is 0 Å². The summed E-state index contributed by atoms with van der Waals surface area (Å²) in [5.74, 6) is 1.06. The fourth-order valence-electron chi connectivity index (χ4n) is 4.12. The number of ether oxygens (including phenoxy) is 1. The van der Waals surface area contributed by atoms with Crippen molar-refractivity contribution in [3.8, 4) is 0 Å². The zero-order chi connectivity index (χ0) is 13.7. The Balaban J connectivity index is 1.93. The molecule has 3 rings (SSSR count). The van der Waals surface area contributed by atoms with E-state index in [1.54, 1.807) is 0 Å². The topological polar surface area (TPSA) is 29.6 Å². The third-order valence-electron chi connectivity index (χ3n) is 5.79. The lowest BCUT2D eigenvalue weighted by atomic mass is 9.59. The van der Waals surface area contributed by atoms with Gasteiger partial charge in [0.2, 0.25) is 0 Å². The molecular weight excluding hydrogens is 236 g/mol. The molecule has 3 atom stereocenters. The summed E-state index contributed by atoms with van der Waals surface area (Å²) in [5, 5.41) is 0. The molecule has 0 aromatic rings. The van der Waals surface area contributed by atoms with E-state index in [0.29, 0.717) is 17.1 Å². The Hall–Kier alpha value is -0.630. The molecule has 0 radical (unpaired) electrons. The van der Waals surface area contributed by atoms with Crippen LogP contribution in [0.5, 0.6) is 0 Å². The van der Waals surface area contributed by atoms with E-state index in [2.05, 4.69) is 20.8 Å². The highest BCUT2D eigenvalue weighted by Gasteiger charge is 2.51. The maximum atomic E-state index is 12.3. The van der Waals surface area contributed by atoms with E-state index in [1.165, 1.54) is 24.0 Å². The predicted molar refractivity (Wildman–Crippen MR) is 76.0 cm³/mol. The Morgan fingerprint density at radius 3 is 2.68 bits per heavy atom. The Bertz CT molecular complexity index is 431. The molecule has 0 aromatic carbocycles. The van der Waals surface area contributed by atoms with Crippen LogP contribution in [0.4, 0.5) is 0 Å². The molecule has 1 saturated heterocycles. The number of fused-ring (bicyclic) bond motifs is 1. The zero-order valence-corrected chi connectivity index (χ0v) is 12.6. The normalized spacial score (nSPS) is 42.3. The van der Waals surface area contributed by atoms with E-state index in [1.807, 2.05) is 0 Å². The van der Waals surface area contributed by atoms with E-state index in [4.69, 9.17) is 4.74 Å². The van der Waals surface area contributed by atoms with Crippen LogP contribution in [-0.2, 0) is 9.53 Å². The quantitative estimate of drug-likeness (QED) is 0.718. The molecule has 1 heterocycles. The van der Waals surface area contributed by atoms with Crippen molar-refractivity contribution in [3.05, 3.63) is 11.1 Å². The van der Waals surface area contributed by atoms with Crippen molar-refractivity contribution in [3.63, 3.8) is 0 Å². The smallest absolute Gasteiger partial charge is 0.158 e. The summed E-state index contributed by atoms with van der Waals surface area (Å²) in [4.78, 5) is 12.3. The Labute approximate surface area is 116 Å². The standard InChI is InChI=1S/C17H26O2/c1-4-5-13-14-10-12(17(3)11-19-17)6-8-16(14,2)9-7-15(13)18/h12H,4-11H2,1-3H3/t12-,16-,17?/m1/s1. The number of hydrogen-bond donors (Lipinski definition) is 0. The number of rotatable bonds is 3. The van der Waals surface area contributed by atoms with Gasteiger partial charge in [0.05, 0.1) is 12.2 Å².